The van der Waals surface area contributed by atoms with Crippen LogP contribution in [0.2, 0.25) is 0 Å². The number of Topliss-reactive ketones (excluding diaryl/α,β-unsaturated/α-hetero) is 1. The second-order valence-electron chi connectivity index (χ2n) is 25.9. The molecular weight excluding hydrogens is 1640 g/mol. The van der Waals surface area contributed by atoms with Gasteiger partial charge in [-0.15, -0.1) is 0 Å². The highest BCUT2D eigenvalue weighted by Gasteiger charge is 2.33. The average Bonchev–Trinajstić information content (AvgIpc) is 0.801. The van der Waals surface area contributed by atoms with Crippen LogP contribution in [0.1, 0.15) is 122 Å². The average molecular weight is 1740 g/mol. The number of hydrogen-bond donors (Lipinski definition) is 0. The van der Waals surface area contributed by atoms with Crippen LogP contribution in [0.5, 0.6) is 46.0 Å². The number of nitrogens with zero attached hydrogens (tertiary/aromatic N) is 7. The predicted molar refractivity (Wildman–Crippen MR) is 462 cm³/mol. The third kappa shape index (κ3) is 25.7. The molecule has 0 aliphatic carbocycles. The highest BCUT2D eigenvalue weighted by molar-refractivity contribution is 9.11. The van der Waals surface area contributed by atoms with E-state index >= 15 is 0 Å². The number of pyridine rings is 1. The molecule has 2 aromatic heterocycles. The first-order chi connectivity index (χ1) is 55.7. The van der Waals surface area contributed by atoms with E-state index in [4.69, 9.17) is 42.3 Å². The number of rotatable bonds is 24. The number of aryl methyl sites for hydroxylation is 5. The number of hydrogen-bond acceptors (Lipinski definition) is 23. The van der Waals surface area contributed by atoms with Gasteiger partial charge in [-0.2, -0.15) is 0 Å². The van der Waals surface area contributed by atoms with Gasteiger partial charge in [0.2, 0.25) is 5.75 Å². The van der Waals surface area contributed by atoms with Gasteiger partial charge in [-0.25, -0.2) is 4.79 Å². The summed E-state index contributed by atoms with van der Waals surface area (Å²) < 4.78 is 47.7. The van der Waals surface area contributed by atoms with Crippen molar-refractivity contribution in [2.75, 3.05) is 75.9 Å². The number of fused-ring (bicyclic) bond motifs is 2. The molecule has 2 unspecified atom stereocenters. The van der Waals surface area contributed by atoms with Gasteiger partial charge >= 0.3 is 11.3 Å². The van der Waals surface area contributed by atoms with Crippen molar-refractivity contribution in [3.63, 3.8) is 0 Å². The SMILES string of the molecule is CCC(C)c1cc(-c2ccc(OC)cc2)ccc1[N+](=O)[O-].CCc1c([N+](=O)[O-])cc(OC)c(OC)c1[N+](=O)[O-].CCc1cc(=O)oc2cc(OC)c(Br)cc12.CCc1cc(OC)ccc1[N+](=O)[O-].CCc1ccc2ccc(OC)c(Br)c2n1.COc1cc(OC)cc(C(C)C(=O)c2ccccc2)c1.Cc1cc([N+](=O)[O-])cc(C)c1N(C)C. The van der Waals surface area contributed by atoms with Gasteiger partial charge < -0.3 is 47.2 Å². The smallest absolute Gasteiger partial charge is 0.336 e. The minimum atomic E-state index is -0.701. The van der Waals surface area contributed by atoms with E-state index in [1.165, 1.54) is 26.4 Å². The molecule has 0 amide bonds. The summed E-state index contributed by atoms with van der Waals surface area (Å²) >= 11 is 6.93. The van der Waals surface area contributed by atoms with Gasteiger partial charge in [0, 0.05) is 101 Å². The fourth-order valence-corrected chi connectivity index (χ4v) is 13.3. The van der Waals surface area contributed by atoms with Crippen LogP contribution < -0.4 is 48.4 Å². The summed E-state index contributed by atoms with van der Waals surface area (Å²) in [6.07, 6.45) is 3.38. The lowest BCUT2D eigenvalue weighted by Crippen LogP contribution is -2.12. The molecule has 0 bridgehead atoms. The number of methoxy groups -OCH3 is 8. The number of halogens is 2. The molecule has 28 nitrogen and oxygen atoms in total. The molecule has 0 N–H and O–H groups in total. The molecule has 620 valence electrons. The largest absolute Gasteiger partial charge is 0.497 e. The van der Waals surface area contributed by atoms with E-state index in [1.807, 2.05) is 158 Å². The summed E-state index contributed by atoms with van der Waals surface area (Å²) in [6.45, 7) is 17.3. The van der Waals surface area contributed by atoms with E-state index in [0.29, 0.717) is 46.1 Å². The molecular formula is C87H97Br2N7O21. The van der Waals surface area contributed by atoms with Crippen LogP contribution in [-0.4, -0.2) is 106 Å². The quantitative estimate of drug-likeness (QED) is 0.0235. The second kappa shape index (κ2) is 46.1. The number of nitro benzene ring substituents is 5. The van der Waals surface area contributed by atoms with Crippen molar-refractivity contribution in [1.29, 1.82) is 0 Å². The Morgan fingerprint density at radius 2 is 1.05 bits per heavy atom. The van der Waals surface area contributed by atoms with E-state index in [2.05, 4.69) is 55.9 Å². The first-order valence-electron chi connectivity index (χ1n) is 36.7. The van der Waals surface area contributed by atoms with Crippen molar-refractivity contribution in [1.82, 2.24) is 4.98 Å². The van der Waals surface area contributed by atoms with Crippen molar-refractivity contribution in [3.8, 4) is 57.1 Å². The number of carbonyl (C=O) groups is 1. The highest BCUT2D eigenvalue weighted by atomic mass is 79.9. The van der Waals surface area contributed by atoms with Gasteiger partial charge in [-0.3, -0.25) is 60.4 Å². The molecule has 30 heteroatoms. The van der Waals surface area contributed by atoms with Crippen molar-refractivity contribution < 1.29 is 71.7 Å². The summed E-state index contributed by atoms with van der Waals surface area (Å²) in [7, 11) is 16.0. The third-order valence-corrected chi connectivity index (χ3v) is 19.8. The van der Waals surface area contributed by atoms with Crippen molar-refractivity contribution in [2.45, 2.75) is 106 Å². The second-order valence-corrected chi connectivity index (χ2v) is 27.6. The first kappa shape index (κ1) is 95.0. The number of aromatic nitrogens is 1. The van der Waals surface area contributed by atoms with Gasteiger partial charge in [-0.1, -0.05) is 97.0 Å². The standard InChI is InChI=1S/C17H19NO3.C17H18O3.C12H12BrNO.C12H11BrO3.C10H12N2O6.C10H14N2O2.C9H11NO3/c1-4-12(2)16-11-14(7-10-17(16)18(19)20)13-5-8-15(21-3)9-6-13;1-12(17(18)13-7-5-4-6-8-13)14-9-15(19-2)11-16(10-14)20-3;1-3-9-6-4-8-5-7-10(15-2)11(13)12(8)14-9;1-3-7-4-12(14)16-10-6-11(15-2)9(13)5-8(7)10;1-4-6-7(11(13)14)5-8(17-2)10(18-3)9(6)12(15)16;1-7-5-9(12(13)14)6-8(2)10(7)11(3)4;1-3-7-6-8(13-2)4-5-9(7)10(11)12/h5-12H,4H2,1-3H3;4-12H,1-3H3;4-7H,3H2,1-2H3;4-6H,3H2,1-2H3;5H,4H2,1-3H3;5-6H,1-4H3;4-6H,3H2,1-2H3. The lowest BCUT2D eigenvalue weighted by molar-refractivity contribution is -0.396. The van der Waals surface area contributed by atoms with E-state index < -0.39 is 15.5 Å². The van der Waals surface area contributed by atoms with Crippen LogP contribution in [-0.2, 0) is 25.7 Å². The summed E-state index contributed by atoms with van der Waals surface area (Å²) in [5.41, 5.74) is 11.0. The molecule has 0 aliphatic heterocycles. The number of anilines is 1. The van der Waals surface area contributed by atoms with Gasteiger partial charge in [0.25, 0.3) is 22.7 Å². The molecule has 0 saturated heterocycles. The molecule has 11 rings (SSSR count). The predicted octanol–water partition coefficient (Wildman–Crippen LogP) is 21.7. The minimum Gasteiger partial charge on any atom is -0.497 e. The summed E-state index contributed by atoms with van der Waals surface area (Å²) in [5.74, 6) is 4.15. The van der Waals surface area contributed by atoms with Crippen LogP contribution in [0.3, 0.4) is 0 Å². The molecule has 0 aliphatic rings. The zero-order chi connectivity index (χ0) is 87.1. The Morgan fingerprint density at radius 1 is 0.504 bits per heavy atom. The van der Waals surface area contributed by atoms with E-state index in [0.717, 1.165) is 112 Å². The van der Waals surface area contributed by atoms with Crippen LogP contribution in [0.25, 0.3) is 33.0 Å². The van der Waals surface area contributed by atoms with Crippen LogP contribution in [0.15, 0.2) is 188 Å². The zero-order valence-electron chi connectivity index (χ0n) is 68.8. The molecule has 11 aromatic rings. The van der Waals surface area contributed by atoms with Gasteiger partial charge in [0.1, 0.15) is 45.6 Å². The van der Waals surface area contributed by atoms with E-state index in [1.54, 1.807) is 98.1 Å². The lowest BCUT2D eigenvalue weighted by atomic mass is 9.92. The number of carbonyl (C=O) groups excluding carboxylic acids is 1. The number of ether oxygens (including phenoxy) is 8. The van der Waals surface area contributed by atoms with E-state index in [-0.39, 0.29) is 84.2 Å². The topological polar surface area (TPSA) is 353 Å². The fourth-order valence-electron chi connectivity index (χ4n) is 12.2. The Bertz CT molecular complexity index is 5290. The summed E-state index contributed by atoms with van der Waals surface area (Å²) in [4.78, 5) is 82.2. The summed E-state index contributed by atoms with van der Waals surface area (Å²) in [5, 5.41) is 56.3. The molecule has 0 radical (unpaired) electrons. The molecule has 9 aromatic carbocycles. The molecule has 0 saturated carbocycles. The number of benzene rings is 9. The first-order valence-corrected chi connectivity index (χ1v) is 38.3. The Kier molecular flexibility index (Phi) is 37.4. The maximum absolute atomic E-state index is 12.5. The maximum atomic E-state index is 12.5. The Hall–Kier alpha value is -12.6. The minimum absolute atomic E-state index is 0.0163. The summed E-state index contributed by atoms with van der Waals surface area (Å²) in [6, 6.07) is 50.2. The molecule has 117 heavy (non-hydrogen) atoms. The normalized spacial score (nSPS) is 10.8. The van der Waals surface area contributed by atoms with E-state index in [9.17, 15) is 60.2 Å². The highest BCUT2D eigenvalue weighted by Crippen LogP contribution is 2.45. The third-order valence-electron chi connectivity index (χ3n) is 18.5. The molecule has 2 atom stereocenters. The Labute approximate surface area is 695 Å². The molecule has 0 spiro atoms. The van der Waals surface area contributed by atoms with Gasteiger partial charge in [-0.05, 0) is 190 Å². The van der Waals surface area contributed by atoms with Crippen molar-refractivity contribution in [2.24, 2.45) is 0 Å². The number of ketones is 1. The zero-order valence-corrected chi connectivity index (χ0v) is 72.0. The van der Waals surface area contributed by atoms with Crippen LogP contribution in [0, 0.1) is 64.4 Å². The fraction of sp³-hybridized carbons (Fsp3) is 0.299. The number of non-ortho nitro benzene ring substituents is 1. The van der Waals surface area contributed by atoms with Gasteiger partial charge in [0.15, 0.2) is 11.5 Å². The number of nitro groups is 5. The monoisotopic (exact) mass is 1730 g/mol. The maximum Gasteiger partial charge on any atom is 0.336 e. The lowest BCUT2D eigenvalue weighted by Gasteiger charge is -2.18. The molecule has 0 fully saturated rings. The van der Waals surface area contributed by atoms with Crippen LogP contribution >= 0.6 is 31.9 Å². The Balaban J connectivity index is 0.000000245. The molecule has 2 heterocycles. The van der Waals surface area contributed by atoms with Crippen molar-refractivity contribution >= 4 is 93.6 Å². The van der Waals surface area contributed by atoms with Crippen LogP contribution in [0.4, 0.5) is 34.1 Å². The van der Waals surface area contributed by atoms with Gasteiger partial charge in [0.05, 0.1) is 102 Å². The van der Waals surface area contributed by atoms with Crippen molar-refractivity contribution in [3.05, 3.63) is 290 Å². The Morgan fingerprint density at radius 3 is 1.54 bits per heavy atom.